The normalized spacial score (nSPS) is 12.4. The van der Waals surface area contributed by atoms with Gasteiger partial charge in [0.15, 0.2) is 0 Å². The van der Waals surface area contributed by atoms with Gasteiger partial charge in [0.05, 0.1) is 0 Å². The summed E-state index contributed by atoms with van der Waals surface area (Å²) >= 11 is 3.20. The molecule has 5 heteroatoms. The largest absolute Gasteiger partial charge is 0.507 e. The van der Waals surface area contributed by atoms with Crippen LogP contribution in [0.15, 0.2) is 16.6 Å². The van der Waals surface area contributed by atoms with Gasteiger partial charge >= 0.3 is 5.97 Å². The van der Waals surface area contributed by atoms with Gasteiger partial charge in [-0.15, -0.1) is 0 Å². The van der Waals surface area contributed by atoms with E-state index < -0.39 is 5.97 Å². The molecule has 16 heavy (non-hydrogen) atoms. The first-order valence-electron chi connectivity index (χ1n) is 4.98. The summed E-state index contributed by atoms with van der Waals surface area (Å²) in [6.07, 6.45) is 1.57. The Balaban J connectivity index is 3.23. The second-order valence-electron chi connectivity index (χ2n) is 3.59. The maximum absolute atomic E-state index is 10.9. The fourth-order valence-corrected chi connectivity index (χ4v) is 2.01. The molecule has 0 aromatic heterocycles. The van der Waals surface area contributed by atoms with Gasteiger partial charge in [0.1, 0.15) is 11.3 Å². The van der Waals surface area contributed by atoms with Crippen molar-refractivity contribution < 1.29 is 15.0 Å². The molecule has 0 aliphatic carbocycles. The molecule has 0 fully saturated rings. The number of carboxylic acid groups (broad SMARTS) is 1. The lowest BCUT2D eigenvalue weighted by Crippen LogP contribution is -2.11. The molecule has 0 saturated heterocycles. The number of aromatic carboxylic acids is 1. The Bertz CT molecular complexity index is 406. The third kappa shape index (κ3) is 2.74. The topological polar surface area (TPSA) is 83.6 Å². The van der Waals surface area contributed by atoms with Crippen molar-refractivity contribution in [3.63, 3.8) is 0 Å². The smallest absolute Gasteiger partial charge is 0.339 e. The van der Waals surface area contributed by atoms with Crippen LogP contribution < -0.4 is 5.73 Å². The van der Waals surface area contributed by atoms with E-state index in [0.29, 0.717) is 16.5 Å². The average molecular weight is 288 g/mol. The van der Waals surface area contributed by atoms with Crippen LogP contribution in [0.3, 0.4) is 0 Å². The molecule has 88 valence electrons. The molecule has 1 aromatic carbocycles. The zero-order valence-electron chi connectivity index (χ0n) is 8.90. The minimum absolute atomic E-state index is 0.129. The van der Waals surface area contributed by atoms with Crippen LogP contribution in [0.25, 0.3) is 0 Å². The van der Waals surface area contributed by atoms with Gasteiger partial charge in [-0.2, -0.15) is 0 Å². The molecule has 0 aliphatic heterocycles. The Morgan fingerprint density at radius 1 is 1.56 bits per heavy atom. The minimum atomic E-state index is -1.16. The molecular formula is C11H14BrNO3. The van der Waals surface area contributed by atoms with Gasteiger partial charge in [-0.05, 0) is 18.6 Å². The molecule has 0 heterocycles. The molecule has 4 nitrogen and oxygen atoms in total. The van der Waals surface area contributed by atoms with Gasteiger partial charge in [0.2, 0.25) is 0 Å². The first-order chi connectivity index (χ1) is 7.47. The van der Waals surface area contributed by atoms with Gasteiger partial charge in [0.25, 0.3) is 0 Å². The molecule has 0 unspecified atom stereocenters. The quantitative estimate of drug-likeness (QED) is 0.795. The van der Waals surface area contributed by atoms with E-state index in [2.05, 4.69) is 15.9 Å². The van der Waals surface area contributed by atoms with E-state index >= 15 is 0 Å². The predicted molar refractivity (Wildman–Crippen MR) is 64.6 cm³/mol. The number of hydrogen-bond donors (Lipinski definition) is 3. The van der Waals surface area contributed by atoms with Gasteiger partial charge in [0, 0.05) is 16.1 Å². The van der Waals surface area contributed by atoms with Crippen molar-refractivity contribution >= 4 is 21.9 Å². The average Bonchev–Trinajstić information content (AvgIpc) is 2.20. The molecule has 1 rings (SSSR count). The highest BCUT2D eigenvalue weighted by Crippen LogP contribution is 2.32. The molecule has 1 atom stereocenters. The molecule has 0 radical (unpaired) electrons. The van der Waals surface area contributed by atoms with Crippen LogP contribution in [0.2, 0.25) is 0 Å². The Kier molecular flexibility index (Phi) is 4.32. The summed E-state index contributed by atoms with van der Waals surface area (Å²) in [4.78, 5) is 10.9. The Labute approximate surface area is 102 Å². The fourth-order valence-electron chi connectivity index (χ4n) is 1.53. The van der Waals surface area contributed by atoms with Crippen molar-refractivity contribution in [1.82, 2.24) is 0 Å². The van der Waals surface area contributed by atoms with Crippen LogP contribution in [0.5, 0.6) is 5.75 Å². The highest BCUT2D eigenvalue weighted by Gasteiger charge is 2.18. The van der Waals surface area contributed by atoms with Crippen LogP contribution in [0.4, 0.5) is 0 Å². The first kappa shape index (κ1) is 13.0. The van der Waals surface area contributed by atoms with Crippen molar-refractivity contribution in [3.05, 3.63) is 27.7 Å². The summed E-state index contributed by atoms with van der Waals surface area (Å²) in [7, 11) is 0. The van der Waals surface area contributed by atoms with Crippen LogP contribution in [0.1, 0.15) is 41.7 Å². The van der Waals surface area contributed by atoms with E-state index in [-0.39, 0.29) is 17.4 Å². The maximum atomic E-state index is 10.9. The third-order valence-electron chi connectivity index (χ3n) is 2.33. The van der Waals surface area contributed by atoms with Crippen molar-refractivity contribution in [2.45, 2.75) is 25.8 Å². The molecule has 0 bridgehead atoms. The molecule has 0 saturated carbocycles. The fraction of sp³-hybridized carbons (Fsp3) is 0.364. The van der Waals surface area contributed by atoms with Gasteiger partial charge in [-0.1, -0.05) is 29.3 Å². The molecule has 1 aromatic rings. The van der Waals surface area contributed by atoms with E-state index in [1.54, 1.807) is 6.07 Å². The SMILES string of the molecule is CCC[C@@H](N)c1cc(Br)cc(C(=O)O)c1O. The van der Waals surface area contributed by atoms with Gasteiger partial charge < -0.3 is 15.9 Å². The molecule has 0 spiro atoms. The molecule has 0 amide bonds. The number of aromatic hydroxyl groups is 1. The summed E-state index contributed by atoms with van der Waals surface area (Å²) in [5.74, 6) is -1.40. The third-order valence-corrected chi connectivity index (χ3v) is 2.79. The van der Waals surface area contributed by atoms with Crippen molar-refractivity contribution in [1.29, 1.82) is 0 Å². The minimum Gasteiger partial charge on any atom is -0.507 e. The number of carboxylic acids is 1. The maximum Gasteiger partial charge on any atom is 0.339 e. The van der Waals surface area contributed by atoms with E-state index in [1.807, 2.05) is 6.92 Å². The highest BCUT2D eigenvalue weighted by atomic mass is 79.9. The van der Waals surface area contributed by atoms with Crippen LogP contribution >= 0.6 is 15.9 Å². The monoisotopic (exact) mass is 287 g/mol. The number of halogens is 1. The lowest BCUT2D eigenvalue weighted by atomic mass is 9.99. The number of hydrogen-bond acceptors (Lipinski definition) is 3. The number of benzene rings is 1. The van der Waals surface area contributed by atoms with Crippen LogP contribution in [0, 0.1) is 0 Å². The van der Waals surface area contributed by atoms with Crippen LogP contribution in [-0.2, 0) is 0 Å². The summed E-state index contributed by atoms with van der Waals surface area (Å²) in [5.41, 5.74) is 6.21. The summed E-state index contributed by atoms with van der Waals surface area (Å²) < 4.78 is 0.601. The summed E-state index contributed by atoms with van der Waals surface area (Å²) in [6.45, 7) is 1.98. The van der Waals surface area contributed by atoms with E-state index in [4.69, 9.17) is 10.8 Å². The second kappa shape index (κ2) is 5.32. The Morgan fingerprint density at radius 2 is 2.19 bits per heavy atom. The van der Waals surface area contributed by atoms with Crippen molar-refractivity contribution in [3.8, 4) is 5.75 Å². The number of nitrogens with two attached hydrogens (primary N) is 1. The Morgan fingerprint density at radius 3 is 2.69 bits per heavy atom. The Hall–Kier alpha value is -1.07. The highest BCUT2D eigenvalue weighted by molar-refractivity contribution is 9.10. The predicted octanol–water partition coefficient (Wildman–Crippen LogP) is 2.65. The van der Waals surface area contributed by atoms with E-state index in [0.717, 1.165) is 6.42 Å². The molecular weight excluding hydrogens is 274 g/mol. The van der Waals surface area contributed by atoms with Crippen molar-refractivity contribution in [2.75, 3.05) is 0 Å². The number of carbonyl (C=O) groups is 1. The zero-order valence-corrected chi connectivity index (χ0v) is 10.5. The zero-order chi connectivity index (χ0) is 12.3. The first-order valence-corrected chi connectivity index (χ1v) is 5.78. The van der Waals surface area contributed by atoms with Crippen molar-refractivity contribution in [2.24, 2.45) is 5.73 Å². The van der Waals surface area contributed by atoms with E-state index in [9.17, 15) is 9.90 Å². The number of phenols is 1. The van der Waals surface area contributed by atoms with E-state index in [1.165, 1.54) is 6.07 Å². The standard InChI is InChI=1S/C11H14BrNO3/c1-2-3-9(13)7-4-6(12)5-8(10(7)14)11(15)16/h4-5,9,14H,2-3,13H2,1H3,(H,15,16)/t9-/m1/s1. The summed E-state index contributed by atoms with van der Waals surface area (Å²) in [5, 5.41) is 18.7. The second-order valence-corrected chi connectivity index (χ2v) is 4.51. The van der Waals surface area contributed by atoms with Gasteiger partial charge in [-0.25, -0.2) is 4.79 Å². The lowest BCUT2D eigenvalue weighted by molar-refractivity contribution is 0.0693. The van der Waals surface area contributed by atoms with Gasteiger partial charge in [-0.3, -0.25) is 0 Å². The van der Waals surface area contributed by atoms with Crippen LogP contribution in [-0.4, -0.2) is 16.2 Å². The molecule has 4 N–H and O–H groups in total. The summed E-state index contributed by atoms with van der Waals surface area (Å²) in [6, 6.07) is 2.67. The molecule has 0 aliphatic rings. The number of rotatable bonds is 4. The lowest BCUT2D eigenvalue weighted by Gasteiger charge is -2.14.